The molecule has 2 aromatic rings. The number of halogens is 1. The van der Waals surface area contributed by atoms with Crippen LogP contribution in [0, 0.1) is 6.92 Å². The van der Waals surface area contributed by atoms with E-state index in [0.29, 0.717) is 21.5 Å². The second-order valence-corrected chi connectivity index (χ2v) is 5.08. The molecular weight excluding hydrogens is 308 g/mol. The minimum Gasteiger partial charge on any atom is -0.268 e. The number of hydrogen-bond donors (Lipinski definition) is 0. The number of anilines is 1. The molecule has 0 aliphatic carbocycles. The van der Waals surface area contributed by atoms with E-state index >= 15 is 0 Å². The number of pyridine rings is 1. The molecule has 0 bridgehead atoms. The number of carbonyl (C=O) groups is 2. The lowest BCUT2D eigenvalue weighted by molar-refractivity contribution is 0.0925. The Hall–Kier alpha value is -2.01. The number of aromatic nitrogens is 1. The Morgan fingerprint density at radius 3 is 2.16 bits per heavy atom. The van der Waals surface area contributed by atoms with Gasteiger partial charge in [-0.15, -0.1) is 0 Å². The van der Waals surface area contributed by atoms with Gasteiger partial charge in [0.25, 0.3) is 11.8 Å². The Kier molecular flexibility index (Phi) is 2.71. The molecule has 3 rings (SSSR count). The normalized spacial score (nSPS) is 13.9. The number of hydrogen-bond acceptors (Lipinski definition) is 3. The number of aryl methyl sites for hydroxylation is 1. The lowest BCUT2D eigenvalue weighted by Crippen LogP contribution is -2.31. The molecule has 0 fully saturated rings. The minimum absolute atomic E-state index is 0.325. The number of imide groups is 1. The summed E-state index contributed by atoms with van der Waals surface area (Å²) in [4.78, 5) is 30.0. The molecule has 0 saturated heterocycles. The summed E-state index contributed by atoms with van der Waals surface area (Å²) in [5.41, 5.74) is 1.63. The fourth-order valence-corrected chi connectivity index (χ4v) is 2.40. The van der Waals surface area contributed by atoms with E-state index in [1.54, 1.807) is 30.3 Å². The van der Waals surface area contributed by atoms with Gasteiger partial charge in [0.15, 0.2) is 0 Å². The molecule has 94 valence electrons. The number of fused-ring (bicyclic) bond motifs is 1. The van der Waals surface area contributed by atoms with Crippen LogP contribution >= 0.6 is 15.9 Å². The molecule has 5 heteroatoms. The zero-order valence-corrected chi connectivity index (χ0v) is 11.6. The fraction of sp³-hybridized carbons (Fsp3) is 0.0714. The minimum atomic E-state index is -0.325. The summed E-state index contributed by atoms with van der Waals surface area (Å²) in [6.07, 6.45) is 0. The molecule has 1 aromatic heterocycles. The van der Waals surface area contributed by atoms with Crippen LogP contribution in [-0.2, 0) is 0 Å². The molecular formula is C14H9BrN2O2. The fourth-order valence-electron chi connectivity index (χ4n) is 2.10. The second kappa shape index (κ2) is 4.28. The third kappa shape index (κ3) is 1.77. The monoisotopic (exact) mass is 316 g/mol. The maximum absolute atomic E-state index is 12.3. The molecule has 2 amide bonds. The van der Waals surface area contributed by atoms with Crippen LogP contribution in [0.5, 0.6) is 0 Å². The summed E-state index contributed by atoms with van der Waals surface area (Å²) in [5, 5.41) is 0. The van der Waals surface area contributed by atoms with Crippen LogP contribution in [0.4, 0.5) is 5.82 Å². The van der Waals surface area contributed by atoms with Gasteiger partial charge in [-0.2, -0.15) is 0 Å². The van der Waals surface area contributed by atoms with Crippen molar-refractivity contribution in [1.29, 1.82) is 0 Å². The zero-order valence-electron chi connectivity index (χ0n) is 10.1. The Labute approximate surface area is 118 Å². The van der Waals surface area contributed by atoms with Gasteiger partial charge >= 0.3 is 0 Å². The third-order valence-electron chi connectivity index (χ3n) is 3.04. The van der Waals surface area contributed by atoms with Crippen molar-refractivity contribution in [2.45, 2.75) is 6.92 Å². The average Bonchev–Trinajstić information content (AvgIpc) is 2.66. The van der Waals surface area contributed by atoms with Gasteiger partial charge in [0.05, 0.1) is 11.1 Å². The summed E-state index contributed by atoms with van der Waals surface area (Å²) in [6, 6.07) is 10.4. The molecule has 0 unspecified atom stereocenters. The van der Waals surface area contributed by atoms with Gasteiger partial charge in [0.2, 0.25) is 0 Å². The maximum atomic E-state index is 12.3. The SMILES string of the molecule is Cc1ccc(Br)nc1N1C(=O)c2ccccc2C1=O. The van der Waals surface area contributed by atoms with Crippen LogP contribution in [0.25, 0.3) is 0 Å². The highest BCUT2D eigenvalue weighted by atomic mass is 79.9. The predicted molar refractivity (Wildman–Crippen MR) is 74.3 cm³/mol. The second-order valence-electron chi connectivity index (χ2n) is 4.27. The van der Waals surface area contributed by atoms with Crippen LogP contribution in [-0.4, -0.2) is 16.8 Å². The molecule has 0 spiro atoms. The summed E-state index contributed by atoms with van der Waals surface area (Å²) in [5.74, 6) is -0.274. The first-order valence-electron chi connectivity index (χ1n) is 5.70. The number of amides is 2. The molecule has 4 nitrogen and oxygen atoms in total. The van der Waals surface area contributed by atoms with E-state index in [1.165, 1.54) is 0 Å². The van der Waals surface area contributed by atoms with Crippen molar-refractivity contribution in [2.75, 3.05) is 4.90 Å². The third-order valence-corrected chi connectivity index (χ3v) is 3.48. The van der Waals surface area contributed by atoms with Gasteiger partial charge in [-0.1, -0.05) is 18.2 Å². The van der Waals surface area contributed by atoms with E-state index in [-0.39, 0.29) is 11.8 Å². The Balaban J connectivity index is 2.17. The van der Waals surface area contributed by atoms with Crippen LogP contribution in [0.1, 0.15) is 26.3 Å². The summed E-state index contributed by atoms with van der Waals surface area (Å²) in [7, 11) is 0. The van der Waals surface area contributed by atoms with Crippen molar-refractivity contribution in [2.24, 2.45) is 0 Å². The molecule has 0 atom stereocenters. The van der Waals surface area contributed by atoms with Crippen molar-refractivity contribution in [3.8, 4) is 0 Å². The Morgan fingerprint density at radius 1 is 1.00 bits per heavy atom. The van der Waals surface area contributed by atoms with Crippen molar-refractivity contribution in [1.82, 2.24) is 4.98 Å². The van der Waals surface area contributed by atoms with Gasteiger partial charge in [-0.05, 0) is 46.6 Å². The van der Waals surface area contributed by atoms with E-state index in [2.05, 4.69) is 20.9 Å². The van der Waals surface area contributed by atoms with Crippen molar-refractivity contribution in [3.05, 3.63) is 57.7 Å². The lowest BCUT2D eigenvalue weighted by atomic mass is 10.1. The highest BCUT2D eigenvalue weighted by Gasteiger charge is 2.37. The molecule has 1 aromatic carbocycles. The summed E-state index contributed by atoms with van der Waals surface area (Å²) in [6.45, 7) is 1.82. The van der Waals surface area contributed by atoms with Crippen LogP contribution < -0.4 is 4.90 Å². The number of rotatable bonds is 1. The van der Waals surface area contributed by atoms with E-state index < -0.39 is 0 Å². The first-order chi connectivity index (χ1) is 9.09. The van der Waals surface area contributed by atoms with Crippen LogP contribution in [0.2, 0.25) is 0 Å². The largest absolute Gasteiger partial charge is 0.268 e. The molecule has 2 heterocycles. The number of benzene rings is 1. The smallest absolute Gasteiger partial charge is 0.267 e. The first-order valence-corrected chi connectivity index (χ1v) is 6.50. The molecule has 0 N–H and O–H groups in total. The van der Waals surface area contributed by atoms with Crippen LogP contribution in [0.3, 0.4) is 0 Å². The first kappa shape index (κ1) is 12.0. The molecule has 1 aliphatic rings. The number of carbonyl (C=O) groups excluding carboxylic acids is 2. The van der Waals surface area contributed by atoms with E-state index in [9.17, 15) is 9.59 Å². The zero-order chi connectivity index (χ0) is 13.6. The topological polar surface area (TPSA) is 50.3 Å². The Morgan fingerprint density at radius 2 is 1.58 bits per heavy atom. The predicted octanol–water partition coefficient (Wildman–Crippen LogP) is 2.95. The van der Waals surface area contributed by atoms with Gasteiger partial charge in [0.1, 0.15) is 10.4 Å². The molecule has 0 radical (unpaired) electrons. The summed E-state index contributed by atoms with van der Waals surface area (Å²) < 4.78 is 0.588. The van der Waals surface area contributed by atoms with Crippen molar-refractivity contribution < 1.29 is 9.59 Å². The van der Waals surface area contributed by atoms with Crippen molar-refractivity contribution >= 4 is 33.6 Å². The van der Waals surface area contributed by atoms with Gasteiger partial charge in [0, 0.05) is 0 Å². The Bertz CT molecular complexity index is 677. The van der Waals surface area contributed by atoms with E-state index in [0.717, 1.165) is 10.5 Å². The highest BCUT2D eigenvalue weighted by molar-refractivity contribution is 9.10. The summed E-state index contributed by atoms with van der Waals surface area (Å²) >= 11 is 3.26. The van der Waals surface area contributed by atoms with Crippen LogP contribution in [0.15, 0.2) is 41.0 Å². The van der Waals surface area contributed by atoms with Gasteiger partial charge < -0.3 is 0 Å². The van der Waals surface area contributed by atoms with Gasteiger partial charge in [-0.25, -0.2) is 9.88 Å². The molecule has 0 saturated carbocycles. The van der Waals surface area contributed by atoms with E-state index in [1.807, 2.05) is 13.0 Å². The van der Waals surface area contributed by atoms with Crippen molar-refractivity contribution in [3.63, 3.8) is 0 Å². The van der Waals surface area contributed by atoms with Gasteiger partial charge in [-0.3, -0.25) is 9.59 Å². The average molecular weight is 317 g/mol. The standard InChI is InChI=1S/C14H9BrN2O2/c1-8-6-7-11(15)16-12(8)17-13(18)9-4-2-3-5-10(9)14(17)19/h2-7H,1H3. The highest BCUT2D eigenvalue weighted by Crippen LogP contribution is 2.29. The lowest BCUT2D eigenvalue weighted by Gasteiger charge is -2.15. The number of nitrogens with zero attached hydrogens (tertiary/aromatic N) is 2. The van der Waals surface area contributed by atoms with E-state index in [4.69, 9.17) is 0 Å². The molecule has 1 aliphatic heterocycles. The quantitative estimate of drug-likeness (QED) is 0.600. The molecule has 19 heavy (non-hydrogen) atoms. The maximum Gasteiger partial charge on any atom is 0.267 e.